The zero-order valence-electron chi connectivity index (χ0n) is 9.77. The van der Waals surface area contributed by atoms with Gasteiger partial charge in [0.05, 0.1) is 11.4 Å². The molecule has 1 aromatic rings. The van der Waals surface area contributed by atoms with Gasteiger partial charge in [0.15, 0.2) is 0 Å². The molecule has 0 unspecified atom stereocenters. The Morgan fingerprint density at radius 2 is 2.00 bits per heavy atom. The molecular weight excluding hydrogens is 238 g/mol. The van der Waals surface area contributed by atoms with Gasteiger partial charge < -0.3 is 5.73 Å². The molecule has 0 bridgehead atoms. The molecular formula is C11H15N3O2S. The fraction of sp³-hybridized carbons (Fsp3) is 0.273. The average Bonchev–Trinajstić information content (AvgIpc) is 2.25. The van der Waals surface area contributed by atoms with E-state index in [0.29, 0.717) is 5.56 Å². The molecule has 0 saturated carbocycles. The first-order valence-electron chi connectivity index (χ1n) is 4.95. The highest BCUT2D eigenvalue weighted by atomic mass is 32.2. The Morgan fingerprint density at radius 1 is 1.35 bits per heavy atom. The second-order valence-corrected chi connectivity index (χ2v) is 5.12. The van der Waals surface area contributed by atoms with Crippen LogP contribution in [0.1, 0.15) is 5.56 Å². The van der Waals surface area contributed by atoms with Crippen molar-refractivity contribution >= 4 is 10.0 Å². The van der Waals surface area contributed by atoms with Gasteiger partial charge in [0, 0.05) is 19.7 Å². The monoisotopic (exact) mass is 253 g/mol. The number of nitrogens with one attached hydrogen (secondary N) is 1. The molecule has 5 nitrogen and oxygen atoms in total. The summed E-state index contributed by atoms with van der Waals surface area (Å²) in [4.78, 5) is 2.51. The largest absolute Gasteiger partial charge is 0.320 e. The lowest BCUT2D eigenvalue weighted by Gasteiger charge is -2.13. The van der Waals surface area contributed by atoms with Crippen LogP contribution >= 0.6 is 0 Å². The zero-order chi connectivity index (χ0) is 12.9. The summed E-state index contributed by atoms with van der Waals surface area (Å²) in [6.07, 6.45) is 0. The maximum Gasteiger partial charge on any atom is 0.254 e. The summed E-state index contributed by atoms with van der Waals surface area (Å²) in [6, 6.07) is 6.53. The molecule has 1 rings (SSSR count). The highest BCUT2D eigenvalue weighted by Gasteiger charge is 2.17. The van der Waals surface area contributed by atoms with Crippen LogP contribution in [0.25, 0.3) is 0 Å². The van der Waals surface area contributed by atoms with Gasteiger partial charge in [-0.15, -0.1) is 4.83 Å². The summed E-state index contributed by atoms with van der Waals surface area (Å²) in [5, 5.41) is 1.36. The van der Waals surface area contributed by atoms with E-state index < -0.39 is 10.0 Å². The minimum absolute atomic E-state index is 0.148. The fourth-order valence-electron chi connectivity index (χ4n) is 1.24. The Labute approximate surface area is 102 Å². The number of nitrogens with two attached hydrogens (primary N) is 1. The second kappa shape index (κ2) is 5.80. The Morgan fingerprint density at radius 3 is 2.59 bits per heavy atom. The van der Waals surface area contributed by atoms with Gasteiger partial charge >= 0.3 is 0 Å². The van der Waals surface area contributed by atoms with Crippen molar-refractivity contribution in [2.75, 3.05) is 20.6 Å². The third kappa shape index (κ3) is 3.84. The predicted molar refractivity (Wildman–Crippen MR) is 66.4 cm³/mol. The Hall–Kier alpha value is -1.39. The molecule has 17 heavy (non-hydrogen) atoms. The third-order valence-corrected chi connectivity index (χ3v) is 3.34. The quantitative estimate of drug-likeness (QED) is 0.575. The van der Waals surface area contributed by atoms with E-state index in [1.807, 2.05) is 0 Å². The van der Waals surface area contributed by atoms with Crippen molar-refractivity contribution < 1.29 is 8.42 Å². The van der Waals surface area contributed by atoms with E-state index in [0.717, 1.165) is 0 Å². The summed E-state index contributed by atoms with van der Waals surface area (Å²) >= 11 is 0. The van der Waals surface area contributed by atoms with Gasteiger partial charge in [-0.1, -0.05) is 24.0 Å². The van der Waals surface area contributed by atoms with Crippen molar-refractivity contribution in [3.8, 4) is 11.8 Å². The van der Waals surface area contributed by atoms with E-state index in [1.165, 1.54) is 11.1 Å². The maximum atomic E-state index is 12.0. The first-order valence-corrected chi connectivity index (χ1v) is 6.43. The average molecular weight is 253 g/mol. The molecule has 0 radical (unpaired) electrons. The van der Waals surface area contributed by atoms with Crippen LogP contribution in [0, 0.1) is 11.8 Å². The molecule has 92 valence electrons. The van der Waals surface area contributed by atoms with Crippen molar-refractivity contribution in [2.45, 2.75) is 4.90 Å². The molecule has 0 amide bonds. The zero-order valence-corrected chi connectivity index (χ0v) is 10.6. The summed E-state index contributed by atoms with van der Waals surface area (Å²) in [5.74, 6) is 5.38. The van der Waals surface area contributed by atoms with Crippen LogP contribution in [0.4, 0.5) is 0 Å². The van der Waals surface area contributed by atoms with Crippen molar-refractivity contribution in [1.29, 1.82) is 0 Å². The normalized spacial score (nSPS) is 11.1. The van der Waals surface area contributed by atoms with Gasteiger partial charge in [0.25, 0.3) is 10.0 Å². The van der Waals surface area contributed by atoms with Gasteiger partial charge in [0.1, 0.15) is 0 Å². The second-order valence-electron chi connectivity index (χ2n) is 3.49. The number of rotatable bonds is 3. The number of hydrogen-bond acceptors (Lipinski definition) is 4. The van der Waals surface area contributed by atoms with E-state index >= 15 is 0 Å². The van der Waals surface area contributed by atoms with Crippen LogP contribution in [-0.2, 0) is 10.0 Å². The molecule has 0 aliphatic rings. The van der Waals surface area contributed by atoms with Gasteiger partial charge in [-0.3, -0.25) is 0 Å². The number of nitrogens with zero attached hydrogens (tertiary/aromatic N) is 1. The third-order valence-electron chi connectivity index (χ3n) is 1.80. The molecule has 0 spiro atoms. The molecule has 0 aliphatic heterocycles. The lowest BCUT2D eigenvalue weighted by atomic mass is 10.2. The van der Waals surface area contributed by atoms with E-state index in [-0.39, 0.29) is 11.4 Å². The van der Waals surface area contributed by atoms with Crippen LogP contribution in [0.2, 0.25) is 0 Å². The van der Waals surface area contributed by atoms with Gasteiger partial charge in [-0.2, -0.15) is 0 Å². The van der Waals surface area contributed by atoms with Crippen molar-refractivity contribution in [1.82, 2.24) is 9.84 Å². The fourth-order valence-corrected chi connectivity index (χ4v) is 2.49. The molecule has 3 N–H and O–H groups in total. The summed E-state index contributed by atoms with van der Waals surface area (Å²) in [7, 11) is -0.382. The first-order chi connectivity index (χ1) is 7.97. The Balaban J connectivity index is 3.22. The first kappa shape index (κ1) is 13.7. The Bertz CT molecular complexity index is 541. The van der Waals surface area contributed by atoms with Gasteiger partial charge in [-0.05, 0) is 12.1 Å². The lowest BCUT2D eigenvalue weighted by Crippen LogP contribution is -2.36. The molecule has 6 heteroatoms. The van der Waals surface area contributed by atoms with Crippen LogP contribution in [-0.4, -0.2) is 34.1 Å². The topological polar surface area (TPSA) is 75.4 Å². The molecule has 1 aromatic carbocycles. The molecule has 0 atom stereocenters. The number of benzene rings is 1. The van der Waals surface area contributed by atoms with Crippen LogP contribution in [0.3, 0.4) is 0 Å². The van der Waals surface area contributed by atoms with E-state index in [2.05, 4.69) is 16.7 Å². The molecule has 0 saturated heterocycles. The molecule has 0 fully saturated rings. The predicted octanol–water partition coefficient (Wildman–Crippen LogP) is -0.248. The minimum Gasteiger partial charge on any atom is -0.320 e. The van der Waals surface area contributed by atoms with Gasteiger partial charge in [0.2, 0.25) is 0 Å². The minimum atomic E-state index is -3.59. The lowest BCUT2D eigenvalue weighted by molar-refractivity contribution is 0.364. The van der Waals surface area contributed by atoms with E-state index in [4.69, 9.17) is 5.73 Å². The summed E-state index contributed by atoms with van der Waals surface area (Å²) < 4.78 is 23.9. The van der Waals surface area contributed by atoms with Crippen molar-refractivity contribution in [3.05, 3.63) is 29.8 Å². The Kier molecular flexibility index (Phi) is 4.66. The van der Waals surface area contributed by atoms with E-state index in [9.17, 15) is 8.42 Å². The standard InChI is InChI=1S/C11H15N3O2S/c1-14(2)13-17(15,16)11-8-4-3-6-10(11)7-5-9-12/h3-4,6,8,13H,9,12H2,1-2H3. The number of hydrogen-bond donors (Lipinski definition) is 2. The summed E-state index contributed by atoms with van der Waals surface area (Å²) in [6.45, 7) is 0.190. The SMILES string of the molecule is CN(C)NS(=O)(=O)c1ccccc1C#CCN. The van der Waals surface area contributed by atoms with Crippen molar-refractivity contribution in [2.24, 2.45) is 5.73 Å². The summed E-state index contributed by atoms with van der Waals surface area (Å²) in [5.41, 5.74) is 5.71. The van der Waals surface area contributed by atoms with E-state index in [1.54, 1.807) is 32.3 Å². The molecule has 0 aromatic heterocycles. The molecule has 0 heterocycles. The van der Waals surface area contributed by atoms with Crippen molar-refractivity contribution in [3.63, 3.8) is 0 Å². The highest BCUT2D eigenvalue weighted by molar-refractivity contribution is 7.89. The van der Waals surface area contributed by atoms with Gasteiger partial charge in [-0.25, -0.2) is 13.4 Å². The smallest absolute Gasteiger partial charge is 0.254 e. The highest BCUT2D eigenvalue weighted by Crippen LogP contribution is 2.13. The number of hydrazine groups is 1. The maximum absolute atomic E-state index is 12.0. The van der Waals surface area contributed by atoms with Crippen LogP contribution < -0.4 is 10.6 Å². The van der Waals surface area contributed by atoms with Crippen LogP contribution in [0.5, 0.6) is 0 Å². The number of sulfonamides is 1. The molecule has 0 aliphatic carbocycles. The van der Waals surface area contributed by atoms with Crippen LogP contribution in [0.15, 0.2) is 29.2 Å².